The number of rotatable bonds is 3. The minimum Gasteiger partial charge on any atom is -0.262 e. The van der Waals surface area contributed by atoms with Gasteiger partial charge in [0.25, 0.3) is 0 Å². The molecule has 0 unspecified atom stereocenters. The van der Waals surface area contributed by atoms with Crippen LogP contribution in [-0.2, 0) is 0 Å². The minimum absolute atomic E-state index is 0.969. The van der Waals surface area contributed by atoms with Gasteiger partial charge in [-0.3, -0.25) is 4.99 Å². The van der Waals surface area contributed by atoms with Gasteiger partial charge >= 0.3 is 0 Å². The quantitative estimate of drug-likeness (QED) is 0.419. The molecule has 1 heteroatoms. The van der Waals surface area contributed by atoms with Crippen LogP contribution in [-0.4, -0.2) is 6.21 Å². The van der Waals surface area contributed by atoms with Gasteiger partial charge in [0.1, 0.15) is 0 Å². The smallest absolute Gasteiger partial charge is 0.0608 e. The molecule has 0 N–H and O–H groups in total. The van der Waals surface area contributed by atoms with Crippen molar-refractivity contribution in [3.05, 3.63) is 23.9 Å². The third-order valence-corrected chi connectivity index (χ3v) is 1.33. The van der Waals surface area contributed by atoms with E-state index in [9.17, 15) is 0 Å². The topological polar surface area (TPSA) is 12.4 Å². The van der Waals surface area contributed by atoms with Gasteiger partial charge in [-0.25, -0.2) is 0 Å². The lowest BCUT2D eigenvalue weighted by Gasteiger charge is -1.99. The zero-order chi connectivity index (χ0) is 7.98. The predicted molar refractivity (Wildman–Crippen MR) is 47.4 cm³/mol. The summed E-state index contributed by atoms with van der Waals surface area (Å²) in [6, 6.07) is 0. The zero-order valence-electron chi connectivity index (χ0n) is 7.02. The molecule has 0 radical (unpaired) electrons. The first kappa shape index (κ1) is 9.15. The van der Waals surface area contributed by atoms with Crippen LogP contribution in [0.15, 0.2) is 28.9 Å². The maximum absolute atomic E-state index is 4.15. The van der Waals surface area contributed by atoms with Crippen molar-refractivity contribution in [3.8, 4) is 0 Å². The summed E-state index contributed by atoms with van der Waals surface area (Å²) in [7, 11) is 0. The summed E-state index contributed by atoms with van der Waals surface area (Å²) in [5.41, 5.74) is 2.10. The van der Waals surface area contributed by atoms with Gasteiger partial charge in [0, 0.05) is 6.21 Å². The molecule has 0 atom stereocenters. The first-order valence-electron chi connectivity index (χ1n) is 3.59. The minimum atomic E-state index is 0.969. The van der Waals surface area contributed by atoms with Crippen LogP contribution in [0.2, 0.25) is 0 Å². The van der Waals surface area contributed by atoms with Crippen LogP contribution in [0.4, 0.5) is 0 Å². The van der Waals surface area contributed by atoms with Crippen molar-refractivity contribution < 1.29 is 0 Å². The van der Waals surface area contributed by atoms with E-state index in [-0.39, 0.29) is 0 Å². The Hall–Kier alpha value is -0.850. The molecule has 0 aromatic rings. The molecule has 0 aromatic carbocycles. The van der Waals surface area contributed by atoms with E-state index in [1.807, 2.05) is 19.9 Å². The molecule has 0 bridgehead atoms. The lowest BCUT2D eigenvalue weighted by molar-refractivity contribution is 1.09. The summed E-state index contributed by atoms with van der Waals surface area (Å²) >= 11 is 0. The number of hydrogen-bond acceptors (Lipinski definition) is 1. The normalized spacial score (nSPS) is 12.5. The van der Waals surface area contributed by atoms with Gasteiger partial charge < -0.3 is 0 Å². The molecule has 1 nitrogen and oxygen atoms in total. The molecule has 56 valence electrons. The van der Waals surface area contributed by atoms with Crippen LogP contribution in [0.1, 0.15) is 27.2 Å². The fourth-order valence-corrected chi connectivity index (χ4v) is 0.690. The zero-order valence-corrected chi connectivity index (χ0v) is 7.02. The Morgan fingerprint density at radius 2 is 2.10 bits per heavy atom. The van der Waals surface area contributed by atoms with E-state index in [0.29, 0.717) is 0 Å². The number of nitrogens with zero attached hydrogens (tertiary/aromatic N) is 1. The van der Waals surface area contributed by atoms with E-state index in [2.05, 4.69) is 18.5 Å². The Morgan fingerprint density at radius 3 is 2.40 bits per heavy atom. The average molecular weight is 137 g/mol. The first-order chi connectivity index (χ1) is 4.76. The van der Waals surface area contributed by atoms with Crippen LogP contribution in [0, 0.1) is 0 Å². The highest BCUT2D eigenvalue weighted by molar-refractivity contribution is 5.56. The Morgan fingerprint density at radius 1 is 1.50 bits per heavy atom. The molecule has 0 heterocycles. The van der Waals surface area contributed by atoms with Gasteiger partial charge in [0.2, 0.25) is 0 Å². The molecular formula is C9H15N. The van der Waals surface area contributed by atoms with E-state index in [1.165, 1.54) is 0 Å². The standard InChI is InChI=1S/C9H15N/c1-5-8(4)9(6-2)10-7-3/h6-7H,4-5H2,1-3H3/b9-6-,10-7?. The Bertz CT molecular complexity index is 164. The number of allylic oxidation sites excluding steroid dienone is 2. The van der Waals surface area contributed by atoms with Crippen molar-refractivity contribution in [2.24, 2.45) is 4.99 Å². The summed E-state index contributed by atoms with van der Waals surface area (Å²) < 4.78 is 0. The second kappa shape index (κ2) is 4.98. The summed E-state index contributed by atoms with van der Waals surface area (Å²) in [5, 5.41) is 0. The summed E-state index contributed by atoms with van der Waals surface area (Å²) in [6.07, 6.45) is 4.74. The van der Waals surface area contributed by atoms with Gasteiger partial charge in [-0.2, -0.15) is 0 Å². The van der Waals surface area contributed by atoms with Crippen LogP contribution in [0.5, 0.6) is 0 Å². The van der Waals surface area contributed by atoms with Gasteiger partial charge in [-0.05, 0) is 25.8 Å². The Labute approximate surface area is 63.2 Å². The molecule has 0 spiro atoms. The molecule has 0 saturated heterocycles. The second-order valence-corrected chi connectivity index (χ2v) is 2.02. The van der Waals surface area contributed by atoms with Crippen molar-refractivity contribution in [1.29, 1.82) is 0 Å². The van der Waals surface area contributed by atoms with Crippen molar-refractivity contribution in [2.75, 3.05) is 0 Å². The van der Waals surface area contributed by atoms with E-state index in [4.69, 9.17) is 0 Å². The third-order valence-electron chi connectivity index (χ3n) is 1.33. The highest BCUT2D eigenvalue weighted by atomic mass is 14.7. The van der Waals surface area contributed by atoms with Crippen molar-refractivity contribution >= 4 is 6.21 Å². The van der Waals surface area contributed by atoms with Crippen LogP contribution in [0.25, 0.3) is 0 Å². The van der Waals surface area contributed by atoms with Crippen LogP contribution < -0.4 is 0 Å². The first-order valence-corrected chi connectivity index (χ1v) is 3.59. The molecule has 0 aliphatic rings. The molecule has 0 amide bonds. The van der Waals surface area contributed by atoms with E-state index in [1.54, 1.807) is 6.21 Å². The lowest BCUT2D eigenvalue weighted by Crippen LogP contribution is -1.82. The molecule has 0 aliphatic carbocycles. The highest BCUT2D eigenvalue weighted by Crippen LogP contribution is 2.11. The summed E-state index contributed by atoms with van der Waals surface area (Å²) in [6.45, 7) is 9.85. The Kier molecular flexibility index (Phi) is 4.55. The number of hydrogen-bond donors (Lipinski definition) is 0. The fraction of sp³-hybridized carbons (Fsp3) is 0.444. The van der Waals surface area contributed by atoms with E-state index < -0.39 is 0 Å². The molecule has 0 aromatic heterocycles. The van der Waals surface area contributed by atoms with Crippen LogP contribution in [0.3, 0.4) is 0 Å². The van der Waals surface area contributed by atoms with E-state index in [0.717, 1.165) is 17.7 Å². The molecule has 10 heavy (non-hydrogen) atoms. The van der Waals surface area contributed by atoms with Gasteiger partial charge in [0.15, 0.2) is 0 Å². The third kappa shape index (κ3) is 2.62. The van der Waals surface area contributed by atoms with Crippen molar-refractivity contribution in [1.82, 2.24) is 0 Å². The largest absolute Gasteiger partial charge is 0.262 e. The average Bonchev–Trinajstić information content (AvgIpc) is 1.99. The number of aliphatic imine (C=N–C) groups is 1. The molecule has 0 fully saturated rings. The molecule has 0 aliphatic heterocycles. The fourth-order valence-electron chi connectivity index (χ4n) is 0.690. The summed E-state index contributed by atoms with van der Waals surface area (Å²) in [5.74, 6) is 0. The Balaban J connectivity index is 4.23. The SMILES string of the molecule is C=C(CC)/C(=C/C)N=CC. The molecule has 0 rings (SSSR count). The monoisotopic (exact) mass is 137 g/mol. The van der Waals surface area contributed by atoms with Crippen LogP contribution >= 0.6 is 0 Å². The molecular weight excluding hydrogens is 122 g/mol. The lowest BCUT2D eigenvalue weighted by atomic mass is 10.2. The van der Waals surface area contributed by atoms with Gasteiger partial charge in [-0.15, -0.1) is 0 Å². The van der Waals surface area contributed by atoms with Gasteiger partial charge in [0.05, 0.1) is 5.70 Å². The second-order valence-electron chi connectivity index (χ2n) is 2.02. The van der Waals surface area contributed by atoms with Crippen molar-refractivity contribution in [2.45, 2.75) is 27.2 Å². The summed E-state index contributed by atoms with van der Waals surface area (Å²) in [4.78, 5) is 4.15. The van der Waals surface area contributed by atoms with Gasteiger partial charge in [-0.1, -0.05) is 19.6 Å². The van der Waals surface area contributed by atoms with Crippen molar-refractivity contribution in [3.63, 3.8) is 0 Å². The van der Waals surface area contributed by atoms with E-state index >= 15 is 0 Å². The maximum atomic E-state index is 4.15. The predicted octanol–water partition coefficient (Wildman–Crippen LogP) is 2.95. The maximum Gasteiger partial charge on any atom is 0.0608 e. The molecule has 0 saturated carbocycles. The highest BCUT2D eigenvalue weighted by Gasteiger charge is 1.93.